The quantitative estimate of drug-likeness (QED) is 0.294. The SMILES string of the molecule is CCN(CC)[C@@H](C)CNC(=O)c1cc(-c2cnn3ccc(-c4cccs4)nc23)nc(N2CC[C@H]2C(=O)N2CCOCC2)c1. The summed E-state index contributed by atoms with van der Waals surface area (Å²) < 4.78 is 7.17. The van der Waals surface area contributed by atoms with Gasteiger partial charge in [-0.05, 0) is 56.1 Å². The monoisotopic (exact) mass is 602 g/mol. The van der Waals surface area contributed by atoms with Crippen LogP contribution in [0, 0.1) is 0 Å². The molecule has 0 bridgehead atoms. The molecule has 0 aromatic carbocycles. The largest absolute Gasteiger partial charge is 0.378 e. The van der Waals surface area contributed by atoms with Crippen molar-refractivity contribution in [1.82, 2.24) is 34.7 Å². The maximum Gasteiger partial charge on any atom is 0.251 e. The second-order valence-electron chi connectivity index (χ2n) is 10.9. The van der Waals surface area contributed by atoms with Gasteiger partial charge in [-0.1, -0.05) is 19.9 Å². The number of hydrogen-bond donors (Lipinski definition) is 1. The number of amides is 2. The molecule has 2 saturated heterocycles. The number of aromatic nitrogens is 4. The van der Waals surface area contributed by atoms with Gasteiger partial charge in [-0.15, -0.1) is 11.3 Å². The molecule has 2 aliphatic rings. The Labute approximate surface area is 255 Å². The molecule has 0 unspecified atom stereocenters. The van der Waals surface area contributed by atoms with Crippen molar-refractivity contribution in [3.63, 3.8) is 0 Å². The van der Waals surface area contributed by atoms with Gasteiger partial charge in [0.2, 0.25) is 5.91 Å². The van der Waals surface area contributed by atoms with E-state index < -0.39 is 0 Å². The lowest BCUT2D eigenvalue weighted by atomic mass is 10.0. The van der Waals surface area contributed by atoms with E-state index in [1.807, 2.05) is 39.6 Å². The molecule has 11 nitrogen and oxygen atoms in total. The van der Waals surface area contributed by atoms with Crippen LogP contribution in [0.5, 0.6) is 0 Å². The van der Waals surface area contributed by atoms with E-state index in [-0.39, 0.29) is 23.9 Å². The minimum atomic E-state index is -0.313. The highest BCUT2D eigenvalue weighted by Crippen LogP contribution is 2.32. The van der Waals surface area contributed by atoms with Crippen molar-refractivity contribution < 1.29 is 14.3 Å². The Morgan fingerprint density at radius 3 is 2.63 bits per heavy atom. The van der Waals surface area contributed by atoms with E-state index in [4.69, 9.17) is 14.7 Å². The predicted molar refractivity (Wildman–Crippen MR) is 167 cm³/mol. The second-order valence-corrected chi connectivity index (χ2v) is 11.9. The molecule has 2 fully saturated rings. The average Bonchev–Trinajstić information content (AvgIpc) is 3.71. The number of likely N-dealkylation sites (N-methyl/N-ethyl adjacent to an activating group) is 1. The van der Waals surface area contributed by atoms with Crippen LogP contribution in [0.25, 0.3) is 27.5 Å². The van der Waals surface area contributed by atoms with E-state index in [0.29, 0.717) is 62.1 Å². The van der Waals surface area contributed by atoms with Gasteiger partial charge in [-0.2, -0.15) is 5.10 Å². The highest BCUT2D eigenvalue weighted by atomic mass is 32.1. The molecular weight excluding hydrogens is 564 g/mol. The third kappa shape index (κ3) is 5.99. The third-order valence-electron chi connectivity index (χ3n) is 8.41. The summed E-state index contributed by atoms with van der Waals surface area (Å²) in [4.78, 5) is 44.2. The fourth-order valence-corrected chi connectivity index (χ4v) is 6.47. The Bertz CT molecular complexity index is 1580. The van der Waals surface area contributed by atoms with Crippen molar-refractivity contribution in [3.05, 3.63) is 53.7 Å². The molecule has 0 spiro atoms. The number of morpholine rings is 1. The summed E-state index contributed by atoms with van der Waals surface area (Å²) in [6.45, 7) is 11.7. The second kappa shape index (κ2) is 12.8. The number of anilines is 1. The molecule has 4 aromatic heterocycles. The van der Waals surface area contributed by atoms with Crippen LogP contribution in [0.4, 0.5) is 5.82 Å². The number of pyridine rings is 1. The summed E-state index contributed by atoms with van der Waals surface area (Å²) >= 11 is 1.62. The smallest absolute Gasteiger partial charge is 0.251 e. The first-order chi connectivity index (χ1) is 21.0. The zero-order valence-corrected chi connectivity index (χ0v) is 25.7. The number of ether oxygens (including phenoxy) is 1. The first-order valence-electron chi connectivity index (χ1n) is 15.0. The lowest BCUT2D eigenvalue weighted by Gasteiger charge is -2.43. The fraction of sp³-hybridized carbons (Fsp3) is 0.452. The number of nitrogens with zero attached hydrogens (tertiary/aromatic N) is 7. The Morgan fingerprint density at radius 2 is 1.93 bits per heavy atom. The third-order valence-corrected chi connectivity index (χ3v) is 9.30. The standard InChI is InChI=1S/C31H38N8O3S/c1-4-36(5-2)21(3)19-32-30(40)22-17-25(23-20-33-39-11-8-24(35-29(23)39)27-7-6-16-43-27)34-28(18-22)38-10-9-26(38)31(41)37-12-14-42-15-13-37/h6-8,11,16-18,20-21,26H,4-5,9-10,12-15,19H2,1-3H3,(H,32,40)/t21-,26-/m0/s1. The summed E-state index contributed by atoms with van der Waals surface area (Å²) in [6, 6.07) is 9.47. The number of hydrogen-bond acceptors (Lipinski definition) is 9. The molecule has 6 rings (SSSR count). The van der Waals surface area contributed by atoms with Gasteiger partial charge in [0, 0.05) is 44.0 Å². The lowest BCUT2D eigenvalue weighted by molar-refractivity contribution is -0.138. The average molecular weight is 603 g/mol. The number of thiophene rings is 1. The molecular formula is C31H38N8O3S. The highest BCUT2D eigenvalue weighted by molar-refractivity contribution is 7.13. The Morgan fingerprint density at radius 1 is 1.12 bits per heavy atom. The number of rotatable bonds is 10. The van der Waals surface area contributed by atoms with E-state index in [1.165, 1.54) is 0 Å². The molecule has 2 atom stereocenters. The van der Waals surface area contributed by atoms with Gasteiger partial charge >= 0.3 is 0 Å². The fourth-order valence-electron chi connectivity index (χ4n) is 5.77. The molecule has 0 saturated carbocycles. The van der Waals surface area contributed by atoms with Crippen molar-refractivity contribution in [2.45, 2.75) is 39.3 Å². The molecule has 43 heavy (non-hydrogen) atoms. The van der Waals surface area contributed by atoms with E-state index in [9.17, 15) is 9.59 Å². The summed E-state index contributed by atoms with van der Waals surface area (Å²) in [5.41, 5.74) is 3.31. The maximum absolute atomic E-state index is 13.6. The summed E-state index contributed by atoms with van der Waals surface area (Å²) in [5.74, 6) is 0.509. The van der Waals surface area contributed by atoms with Crippen LogP contribution >= 0.6 is 11.3 Å². The summed E-state index contributed by atoms with van der Waals surface area (Å²) in [6.07, 6.45) is 4.37. The molecule has 1 N–H and O–H groups in total. The van der Waals surface area contributed by atoms with Crippen molar-refractivity contribution in [2.24, 2.45) is 0 Å². The van der Waals surface area contributed by atoms with Crippen molar-refractivity contribution in [1.29, 1.82) is 0 Å². The van der Waals surface area contributed by atoms with Crippen LogP contribution in [0.2, 0.25) is 0 Å². The van der Waals surface area contributed by atoms with Crippen LogP contribution < -0.4 is 10.2 Å². The first kappa shape index (κ1) is 29.2. The Kier molecular flexibility index (Phi) is 8.68. The van der Waals surface area contributed by atoms with E-state index >= 15 is 0 Å². The lowest BCUT2D eigenvalue weighted by Crippen LogP contribution is -2.59. The van der Waals surface area contributed by atoms with Gasteiger partial charge in [0.05, 0.1) is 41.2 Å². The van der Waals surface area contributed by atoms with Gasteiger partial charge in [-0.3, -0.25) is 14.5 Å². The molecule has 0 aliphatic carbocycles. The van der Waals surface area contributed by atoms with Crippen LogP contribution in [0.3, 0.4) is 0 Å². The highest BCUT2D eigenvalue weighted by Gasteiger charge is 2.38. The summed E-state index contributed by atoms with van der Waals surface area (Å²) in [7, 11) is 0. The molecule has 2 aliphatic heterocycles. The topological polar surface area (TPSA) is 108 Å². The van der Waals surface area contributed by atoms with E-state index in [1.54, 1.807) is 34.2 Å². The molecule has 2 amide bonds. The van der Waals surface area contributed by atoms with Crippen LogP contribution in [0.1, 0.15) is 37.6 Å². The van der Waals surface area contributed by atoms with Gasteiger partial charge < -0.3 is 19.9 Å². The Hall–Kier alpha value is -3.87. The van der Waals surface area contributed by atoms with Gasteiger partial charge in [0.1, 0.15) is 11.9 Å². The minimum absolute atomic E-state index is 0.0824. The number of carbonyl (C=O) groups is 2. The predicted octanol–water partition coefficient (Wildman–Crippen LogP) is 3.42. The van der Waals surface area contributed by atoms with Crippen molar-refractivity contribution in [2.75, 3.05) is 57.4 Å². The van der Waals surface area contributed by atoms with E-state index in [2.05, 4.69) is 36.1 Å². The molecule has 6 heterocycles. The minimum Gasteiger partial charge on any atom is -0.378 e. The van der Waals surface area contributed by atoms with Gasteiger partial charge in [0.15, 0.2) is 5.65 Å². The van der Waals surface area contributed by atoms with Gasteiger partial charge in [-0.25, -0.2) is 14.5 Å². The van der Waals surface area contributed by atoms with Crippen LogP contribution in [0.15, 0.2) is 48.1 Å². The van der Waals surface area contributed by atoms with Gasteiger partial charge in [0.25, 0.3) is 5.91 Å². The number of nitrogens with one attached hydrogen (secondary N) is 1. The first-order valence-corrected chi connectivity index (χ1v) is 15.9. The van der Waals surface area contributed by atoms with E-state index in [0.717, 1.165) is 35.6 Å². The maximum atomic E-state index is 13.6. The molecule has 0 radical (unpaired) electrons. The van der Waals surface area contributed by atoms with Crippen molar-refractivity contribution in [3.8, 4) is 21.8 Å². The normalized spacial score (nSPS) is 17.7. The molecule has 226 valence electrons. The summed E-state index contributed by atoms with van der Waals surface area (Å²) in [5, 5.41) is 9.68. The zero-order chi connectivity index (χ0) is 29.9. The van der Waals surface area contributed by atoms with Crippen LogP contribution in [-0.2, 0) is 9.53 Å². The van der Waals surface area contributed by atoms with Crippen LogP contribution in [-0.4, -0.2) is 106 Å². The molecule has 4 aromatic rings. The van der Waals surface area contributed by atoms with Crippen molar-refractivity contribution >= 4 is 34.6 Å². The Balaban J connectivity index is 1.35. The molecule has 12 heteroatoms. The number of fused-ring (bicyclic) bond motifs is 1. The zero-order valence-electron chi connectivity index (χ0n) is 24.9. The number of carbonyl (C=O) groups excluding carboxylic acids is 2.